The lowest BCUT2D eigenvalue weighted by atomic mass is 9.97. The van der Waals surface area contributed by atoms with Gasteiger partial charge in [0.2, 0.25) is 0 Å². The van der Waals surface area contributed by atoms with E-state index in [2.05, 4.69) is 0 Å². The summed E-state index contributed by atoms with van der Waals surface area (Å²) in [4.78, 5) is 24.0. The van der Waals surface area contributed by atoms with Crippen molar-refractivity contribution in [1.29, 1.82) is 0 Å². The summed E-state index contributed by atoms with van der Waals surface area (Å²) >= 11 is 0. The molecule has 2 aromatic rings. The predicted octanol–water partition coefficient (Wildman–Crippen LogP) is 2.97. The fourth-order valence-electron chi connectivity index (χ4n) is 2.16. The Morgan fingerprint density at radius 2 is 1.36 bits per heavy atom. The molecule has 2 aromatic carbocycles. The SMILES string of the molecule is C[C@](N)(CCC(=O)OCc1ccccc1)C(=O)OCc1ccccc1. The van der Waals surface area contributed by atoms with Gasteiger partial charge in [-0.1, -0.05) is 60.7 Å². The van der Waals surface area contributed by atoms with Crippen LogP contribution in [-0.4, -0.2) is 17.5 Å². The van der Waals surface area contributed by atoms with E-state index < -0.39 is 17.5 Å². The molecule has 2 rings (SSSR count). The van der Waals surface area contributed by atoms with Crippen LogP contribution in [0.25, 0.3) is 0 Å². The molecule has 2 N–H and O–H groups in total. The van der Waals surface area contributed by atoms with Crippen LogP contribution < -0.4 is 5.73 Å². The van der Waals surface area contributed by atoms with Crippen molar-refractivity contribution in [2.45, 2.75) is 38.5 Å². The van der Waals surface area contributed by atoms with Crippen molar-refractivity contribution in [1.82, 2.24) is 0 Å². The second kappa shape index (κ2) is 8.99. The lowest BCUT2D eigenvalue weighted by Gasteiger charge is -2.22. The third-order valence-corrected chi connectivity index (χ3v) is 3.77. The van der Waals surface area contributed by atoms with Gasteiger partial charge in [0.15, 0.2) is 0 Å². The smallest absolute Gasteiger partial charge is 0.326 e. The molecule has 1 atom stereocenters. The molecule has 0 aromatic heterocycles. The fraction of sp³-hybridized carbons (Fsp3) is 0.300. The van der Waals surface area contributed by atoms with E-state index in [1.807, 2.05) is 60.7 Å². The van der Waals surface area contributed by atoms with Crippen LogP contribution in [0.2, 0.25) is 0 Å². The average Bonchev–Trinajstić information content (AvgIpc) is 2.64. The van der Waals surface area contributed by atoms with E-state index in [0.29, 0.717) is 0 Å². The summed E-state index contributed by atoms with van der Waals surface area (Å²) in [7, 11) is 0. The van der Waals surface area contributed by atoms with Gasteiger partial charge in [-0.2, -0.15) is 0 Å². The fourth-order valence-corrected chi connectivity index (χ4v) is 2.16. The Balaban J connectivity index is 1.73. The third kappa shape index (κ3) is 6.39. The Kier molecular flexibility index (Phi) is 6.71. The third-order valence-electron chi connectivity index (χ3n) is 3.77. The van der Waals surface area contributed by atoms with Crippen molar-refractivity contribution < 1.29 is 19.1 Å². The van der Waals surface area contributed by atoms with Gasteiger partial charge in [-0.05, 0) is 24.5 Å². The summed E-state index contributed by atoms with van der Waals surface area (Å²) in [5, 5.41) is 0. The van der Waals surface area contributed by atoms with E-state index in [4.69, 9.17) is 15.2 Å². The number of benzene rings is 2. The Morgan fingerprint density at radius 1 is 0.880 bits per heavy atom. The van der Waals surface area contributed by atoms with Gasteiger partial charge in [0.05, 0.1) is 0 Å². The first-order valence-corrected chi connectivity index (χ1v) is 8.17. The molecule has 0 saturated heterocycles. The highest BCUT2D eigenvalue weighted by Gasteiger charge is 2.31. The van der Waals surface area contributed by atoms with Crippen LogP contribution in [0.4, 0.5) is 0 Å². The number of hydrogen-bond acceptors (Lipinski definition) is 5. The van der Waals surface area contributed by atoms with E-state index in [-0.39, 0.29) is 26.1 Å². The number of carbonyl (C=O) groups is 2. The number of ether oxygens (including phenoxy) is 2. The molecule has 0 amide bonds. The molecule has 0 spiro atoms. The number of esters is 2. The Hall–Kier alpha value is -2.66. The number of carbonyl (C=O) groups excluding carboxylic acids is 2. The molecule has 132 valence electrons. The second-order valence-electron chi connectivity index (χ2n) is 6.13. The minimum absolute atomic E-state index is 0.0558. The number of hydrogen-bond donors (Lipinski definition) is 1. The highest BCUT2D eigenvalue weighted by atomic mass is 16.5. The zero-order valence-corrected chi connectivity index (χ0v) is 14.3. The maximum atomic E-state index is 12.1. The summed E-state index contributed by atoms with van der Waals surface area (Å²) in [6, 6.07) is 18.8. The van der Waals surface area contributed by atoms with Crippen molar-refractivity contribution in [2.24, 2.45) is 5.73 Å². The molecule has 0 unspecified atom stereocenters. The Labute approximate surface area is 147 Å². The topological polar surface area (TPSA) is 78.6 Å². The van der Waals surface area contributed by atoms with Gasteiger partial charge in [0.25, 0.3) is 0 Å². The summed E-state index contributed by atoms with van der Waals surface area (Å²) < 4.78 is 10.4. The quantitative estimate of drug-likeness (QED) is 0.747. The van der Waals surface area contributed by atoms with Gasteiger partial charge in [-0.3, -0.25) is 9.59 Å². The number of nitrogens with two attached hydrogens (primary N) is 1. The van der Waals surface area contributed by atoms with Gasteiger partial charge in [-0.25, -0.2) is 0 Å². The van der Waals surface area contributed by atoms with Crippen molar-refractivity contribution in [3.63, 3.8) is 0 Å². The summed E-state index contributed by atoms with van der Waals surface area (Å²) in [6.45, 7) is 1.93. The van der Waals surface area contributed by atoms with Crippen LogP contribution in [0.5, 0.6) is 0 Å². The minimum Gasteiger partial charge on any atom is -0.461 e. The molecule has 0 aliphatic carbocycles. The van der Waals surface area contributed by atoms with Crippen LogP contribution >= 0.6 is 0 Å². The molecule has 25 heavy (non-hydrogen) atoms. The normalized spacial score (nSPS) is 12.9. The van der Waals surface area contributed by atoms with Crippen molar-refractivity contribution >= 4 is 11.9 Å². The van der Waals surface area contributed by atoms with E-state index in [1.165, 1.54) is 0 Å². The average molecular weight is 341 g/mol. The summed E-state index contributed by atoms with van der Waals surface area (Å²) in [5.74, 6) is -0.927. The van der Waals surface area contributed by atoms with Crippen LogP contribution in [0.15, 0.2) is 60.7 Å². The largest absolute Gasteiger partial charge is 0.461 e. The maximum Gasteiger partial charge on any atom is 0.326 e. The van der Waals surface area contributed by atoms with E-state index >= 15 is 0 Å². The van der Waals surface area contributed by atoms with Gasteiger partial charge in [0, 0.05) is 6.42 Å². The van der Waals surface area contributed by atoms with Gasteiger partial charge >= 0.3 is 11.9 Å². The van der Waals surface area contributed by atoms with Crippen molar-refractivity contribution in [3.05, 3.63) is 71.8 Å². The molecule has 5 heteroatoms. The molecule has 0 aliphatic rings. The molecular formula is C20H23NO4. The molecule has 0 heterocycles. The van der Waals surface area contributed by atoms with Crippen LogP contribution in [0.1, 0.15) is 30.9 Å². The zero-order valence-electron chi connectivity index (χ0n) is 14.3. The maximum absolute atomic E-state index is 12.1. The molecule has 0 aliphatic heterocycles. The molecule has 0 saturated carbocycles. The Morgan fingerprint density at radius 3 is 1.88 bits per heavy atom. The van der Waals surface area contributed by atoms with Crippen LogP contribution in [0, 0.1) is 0 Å². The predicted molar refractivity (Wildman–Crippen MR) is 94.3 cm³/mol. The van der Waals surface area contributed by atoms with E-state index in [9.17, 15) is 9.59 Å². The monoisotopic (exact) mass is 341 g/mol. The van der Waals surface area contributed by atoms with Crippen LogP contribution in [-0.2, 0) is 32.3 Å². The van der Waals surface area contributed by atoms with Gasteiger partial charge in [0.1, 0.15) is 18.8 Å². The first-order valence-electron chi connectivity index (χ1n) is 8.17. The van der Waals surface area contributed by atoms with Gasteiger partial charge in [-0.15, -0.1) is 0 Å². The van der Waals surface area contributed by atoms with Crippen LogP contribution in [0.3, 0.4) is 0 Å². The molecular weight excluding hydrogens is 318 g/mol. The molecule has 5 nitrogen and oxygen atoms in total. The van der Waals surface area contributed by atoms with Crippen molar-refractivity contribution in [2.75, 3.05) is 0 Å². The van der Waals surface area contributed by atoms with E-state index in [1.54, 1.807) is 6.92 Å². The summed E-state index contributed by atoms with van der Waals surface area (Å²) in [5.41, 5.74) is 6.56. The second-order valence-corrected chi connectivity index (χ2v) is 6.13. The Bertz CT molecular complexity index is 683. The standard InChI is InChI=1S/C20H23NO4/c1-20(21,19(23)25-15-17-10-6-3-7-11-17)13-12-18(22)24-14-16-8-4-2-5-9-16/h2-11H,12-15,21H2,1H3/t20-/m0/s1. The van der Waals surface area contributed by atoms with E-state index in [0.717, 1.165) is 11.1 Å². The van der Waals surface area contributed by atoms with Crippen molar-refractivity contribution in [3.8, 4) is 0 Å². The molecule has 0 fully saturated rings. The molecule has 0 radical (unpaired) electrons. The van der Waals surface area contributed by atoms with Gasteiger partial charge < -0.3 is 15.2 Å². The highest BCUT2D eigenvalue weighted by Crippen LogP contribution is 2.14. The lowest BCUT2D eigenvalue weighted by Crippen LogP contribution is -2.46. The highest BCUT2D eigenvalue weighted by molar-refractivity contribution is 5.81. The summed E-state index contributed by atoms with van der Waals surface area (Å²) in [6.07, 6.45) is 0.217. The minimum atomic E-state index is -1.24. The first-order chi connectivity index (χ1) is 12.0. The lowest BCUT2D eigenvalue weighted by molar-refractivity contribution is -0.152. The molecule has 0 bridgehead atoms. The number of rotatable bonds is 8. The zero-order chi connectivity index (χ0) is 18.1. The first kappa shape index (κ1) is 18.7.